The minimum atomic E-state index is -0.276. The zero-order chi connectivity index (χ0) is 21.3. The molecule has 1 saturated heterocycles. The number of fused-ring (bicyclic) bond motifs is 1. The molecule has 2 heterocycles. The predicted molar refractivity (Wildman–Crippen MR) is 109 cm³/mol. The van der Waals surface area contributed by atoms with Crippen molar-refractivity contribution in [1.82, 2.24) is 14.9 Å². The van der Waals surface area contributed by atoms with Gasteiger partial charge >= 0.3 is 0 Å². The lowest BCUT2D eigenvalue weighted by molar-refractivity contribution is -0.115. The van der Waals surface area contributed by atoms with E-state index in [9.17, 15) is 9.59 Å². The molecule has 1 aromatic heterocycles. The number of ketones is 2. The third kappa shape index (κ3) is 3.84. The van der Waals surface area contributed by atoms with Crippen LogP contribution in [0.3, 0.4) is 0 Å². The second-order valence-electron chi connectivity index (χ2n) is 7.03. The lowest BCUT2D eigenvalue weighted by Crippen LogP contribution is -2.22. The first-order valence-electron chi connectivity index (χ1n) is 9.52. The highest BCUT2D eigenvalue weighted by atomic mass is 16.5. The van der Waals surface area contributed by atoms with E-state index in [4.69, 9.17) is 14.2 Å². The molecule has 0 radical (unpaired) electrons. The number of anilines is 1. The molecule has 1 aromatic carbocycles. The monoisotopic (exact) mass is 410 g/mol. The van der Waals surface area contributed by atoms with Crippen LogP contribution in [-0.2, 0) is 14.3 Å². The molecule has 0 amide bonds. The highest BCUT2D eigenvalue weighted by molar-refractivity contribution is 6.21. The topological polar surface area (TPSA) is 103 Å². The van der Waals surface area contributed by atoms with Crippen LogP contribution in [0.1, 0.15) is 6.92 Å². The van der Waals surface area contributed by atoms with E-state index in [0.717, 1.165) is 6.54 Å². The van der Waals surface area contributed by atoms with Crippen molar-refractivity contribution in [2.75, 3.05) is 39.3 Å². The van der Waals surface area contributed by atoms with Crippen LogP contribution in [0.15, 0.2) is 42.0 Å². The molecule has 30 heavy (non-hydrogen) atoms. The van der Waals surface area contributed by atoms with Gasteiger partial charge in [-0.15, -0.1) is 0 Å². The minimum Gasteiger partial charge on any atom is -0.493 e. The predicted octanol–water partition coefficient (Wildman–Crippen LogP) is 1.70. The third-order valence-corrected chi connectivity index (χ3v) is 4.95. The summed E-state index contributed by atoms with van der Waals surface area (Å²) in [6, 6.07) is 3.75. The van der Waals surface area contributed by atoms with Crippen molar-refractivity contribution in [2.45, 2.75) is 13.0 Å². The SMILES string of the molecule is COCCOc1cc2ncnc(NC3=CC(=O)C(N4CC4C)=CC3=O)c2cc1OC. The van der Waals surface area contributed by atoms with E-state index in [2.05, 4.69) is 15.3 Å². The van der Waals surface area contributed by atoms with Crippen LogP contribution in [0.2, 0.25) is 0 Å². The minimum absolute atomic E-state index is 0.164. The van der Waals surface area contributed by atoms with Gasteiger partial charge in [0.25, 0.3) is 0 Å². The van der Waals surface area contributed by atoms with Gasteiger partial charge in [0.1, 0.15) is 18.8 Å². The van der Waals surface area contributed by atoms with Crippen LogP contribution in [-0.4, -0.2) is 66.5 Å². The fraction of sp³-hybridized carbons (Fsp3) is 0.333. The van der Waals surface area contributed by atoms with Gasteiger partial charge in [0, 0.05) is 43.3 Å². The Hall–Kier alpha value is -3.46. The van der Waals surface area contributed by atoms with Crippen molar-refractivity contribution in [2.24, 2.45) is 0 Å². The second kappa shape index (κ2) is 8.11. The summed E-state index contributed by atoms with van der Waals surface area (Å²) in [6.07, 6.45) is 4.07. The highest BCUT2D eigenvalue weighted by Gasteiger charge is 2.36. The molecule has 1 atom stereocenters. The molecule has 4 rings (SSSR count). The van der Waals surface area contributed by atoms with E-state index >= 15 is 0 Å². The Morgan fingerprint density at radius 1 is 1.10 bits per heavy atom. The van der Waals surface area contributed by atoms with E-state index in [0.29, 0.717) is 47.1 Å². The van der Waals surface area contributed by atoms with E-state index in [1.807, 2.05) is 11.8 Å². The lowest BCUT2D eigenvalue weighted by atomic mass is 10.1. The van der Waals surface area contributed by atoms with Gasteiger partial charge < -0.3 is 24.4 Å². The Morgan fingerprint density at radius 3 is 2.60 bits per heavy atom. The number of nitrogens with one attached hydrogen (secondary N) is 1. The first-order valence-corrected chi connectivity index (χ1v) is 9.52. The number of methoxy groups -OCH3 is 2. The molecular weight excluding hydrogens is 388 g/mol. The average molecular weight is 410 g/mol. The van der Waals surface area contributed by atoms with E-state index in [1.165, 1.54) is 25.6 Å². The summed E-state index contributed by atoms with van der Waals surface area (Å²) in [4.78, 5) is 35.4. The fourth-order valence-electron chi connectivity index (χ4n) is 3.24. The van der Waals surface area contributed by atoms with Crippen molar-refractivity contribution in [3.8, 4) is 11.5 Å². The lowest BCUT2D eigenvalue weighted by Gasteiger charge is -2.16. The smallest absolute Gasteiger partial charge is 0.204 e. The number of carbonyl (C=O) groups excluding carboxylic acids is 2. The van der Waals surface area contributed by atoms with Crippen molar-refractivity contribution < 1.29 is 23.8 Å². The van der Waals surface area contributed by atoms with Crippen LogP contribution in [0, 0.1) is 0 Å². The second-order valence-corrected chi connectivity index (χ2v) is 7.03. The number of nitrogens with zero attached hydrogens (tertiary/aromatic N) is 3. The van der Waals surface area contributed by atoms with Crippen molar-refractivity contribution in [3.63, 3.8) is 0 Å². The molecular formula is C21H22N4O5. The summed E-state index contributed by atoms with van der Waals surface area (Å²) in [7, 11) is 3.13. The molecule has 0 saturated carbocycles. The van der Waals surface area contributed by atoms with Crippen LogP contribution >= 0.6 is 0 Å². The normalized spacial score (nSPS) is 18.2. The summed E-state index contributed by atoms with van der Waals surface area (Å²) in [5.74, 6) is 0.934. The van der Waals surface area contributed by atoms with Gasteiger partial charge in [0.05, 0.1) is 30.6 Å². The van der Waals surface area contributed by atoms with Gasteiger partial charge in [-0.3, -0.25) is 9.59 Å². The Bertz CT molecular complexity index is 1080. The van der Waals surface area contributed by atoms with E-state index in [-0.39, 0.29) is 23.3 Å². The Balaban J connectivity index is 1.62. The number of carbonyl (C=O) groups is 2. The molecule has 156 valence electrons. The molecule has 0 spiro atoms. The van der Waals surface area contributed by atoms with E-state index in [1.54, 1.807) is 19.2 Å². The highest BCUT2D eigenvalue weighted by Crippen LogP contribution is 2.34. The fourth-order valence-corrected chi connectivity index (χ4v) is 3.24. The number of ether oxygens (including phenoxy) is 3. The molecule has 9 heteroatoms. The molecule has 9 nitrogen and oxygen atoms in total. The van der Waals surface area contributed by atoms with Gasteiger partial charge in [-0.1, -0.05) is 0 Å². The first-order chi connectivity index (χ1) is 14.5. The third-order valence-electron chi connectivity index (χ3n) is 4.95. The van der Waals surface area contributed by atoms with Crippen molar-refractivity contribution in [3.05, 3.63) is 42.0 Å². The van der Waals surface area contributed by atoms with Crippen LogP contribution in [0.4, 0.5) is 5.82 Å². The van der Waals surface area contributed by atoms with E-state index < -0.39 is 0 Å². The molecule has 2 aliphatic rings. The molecule has 1 aliphatic carbocycles. The van der Waals surface area contributed by atoms with Gasteiger partial charge in [-0.2, -0.15) is 0 Å². The van der Waals surface area contributed by atoms with Crippen LogP contribution < -0.4 is 14.8 Å². The zero-order valence-electron chi connectivity index (χ0n) is 17.0. The number of hydrogen-bond acceptors (Lipinski definition) is 9. The summed E-state index contributed by atoms with van der Waals surface area (Å²) < 4.78 is 16.1. The average Bonchev–Trinajstić information content (AvgIpc) is 3.46. The van der Waals surface area contributed by atoms with Crippen LogP contribution in [0.25, 0.3) is 10.9 Å². The number of hydrogen-bond donors (Lipinski definition) is 1. The number of allylic oxidation sites excluding steroid dienone is 2. The molecule has 1 fully saturated rings. The quantitative estimate of drug-likeness (QED) is 0.396. The Kier molecular flexibility index (Phi) is 5.37. The molecule has 2 aromatic rings. The van der Waals surface area contributed by atoms with Crippen molar-refractivity contribution >= 4 is 28.3 Å². The number of benzene rings is 1. The van der Waals surface area contributed by atoms with Gasteiger partial charge in [-0.25, -0.2) is 9.97 Å². The van der Waals surface area contributed by atoms with Gasteiger partial charge in [0.15, 0.2) is 11.5 Å². The van der Waals surface area contributed by atoms with Crippen LogP contribution in [0.5, 0.6) is 11.5 Å². The molecule has 1 N–H and O–H groups in total. The van der Waals surface area contributed by atoms with Gasteiger partial charge in [0.2, 0.25) is 11.6 Å². The summed E-state index contributed by atoms with van der Waals surface area (Å²) in [6.45, 7) is 3.59. The molecule has 1 unspecified atom stereocenters. The Labute approximate surface area is 173 Å². The maximum absolute atomic E-state index is 12.6. The van der Waals surface area contributed by atoms with Crippen molar-refractivity contribution in [1.29, 1.82) is 0 Å². The number of aromatic nitrogens is 2. The standard InChI is InChI=1S/C21H22N4O5/c1-12-10-25(12)16-9-17(26)15(7-18(16)27)24-21-13-6-19(29-3)20(30-5-4-28-2)8-14(13)22-11-23-21/h6-9,11-12H,4-5,10H2,1-3H3,(H,22,23,24). The maximum atomic E-state index is 12.6. The first kappa shape index (κ1) is 19.8. The molecule has 0 bridgehead atoms. The zero-order valence-corrected chi connectivity index (χ0v) is 17.0. The maximum Gasteiger partial charge on any atom is 0.204 e. The largest absolute Gasteiger partial charge is 0.493 e. The number of rotatable bonds is 8. The summed E-state index contributed by atoms with van der Waals surface area (Å²) in [5.41, 5.74) is 1.20. The molecule has 1 aliphatic heterocycles. The summed E-state index contributed by atoms with van der Waals surface area (Å²) in [5, 5.41) is 3.61. The summed E-state index contributed by atoms with van der Waals surface area (Å²) >= 11 is 0. The van der Waals surface area contributed by atoms with Gasteiger partial charge in [-0.05, 0) is 13.0 Å². The Morgan fingerprint density at radius 2 is 1.90 bits per heavy atom.